The molecule has 0 aromatic heterocycles. The van der Waals surface area contributed by atoms with Crippen molar-refractivity contribution in [1.29, 1.82) is 0 Å². The molecular formula is C15H26N2. The summed E-state index contributed by atoms with van der Waals surface area (Å²) in [6.45, 7) is 10.2. The molecule has 2 nitrogen and oxygen atoms in total. The number of benzene rings is 1. The lowest BCUT2D eigenvalue weighted by Crippen LogP contribution is -2.31. The highest BCUT2D eigenvalue weighted by molar-refractivity contribution is 5.31. The normalized spacial score (nSPS) is 15.0. The van der Waals surface area contributed by atoms with Crippen LogP contribution in [0.4, 0.5) is 0 Å². The fraction of sp³-hybridized carbons (Fsp3) is 0.600. The number of nitrogens with two attached hydrogens (primary N) is 2. The molecule has 2 atom stereocenters. The van der Waals surface area contributed by atoms with Gasteiger partial charge in [0.25, 0.3) is 0 Å². The Hall–Kier alpha value is -0.860. The second kappa shape index (κ2) is 6.18. The predicted octanol–water partition coefficient (Wildman–Crippen LogP) is 2.58. The molecule has 96 valence electrons. The van der Waals surface area contributed by atoms with Crippen molar-refractivity contribution in [3.8, 4) is 0 Å². The molecule has 0 aliphatic carbocycles. The Labute approximate surface area is 105 Å². The zero-order valence-electron chi connectivity index (χ0n) is 11.5. The number of hydrogen-bond donors (Lipinski definition) is 2. The van der Waals surface area contributed by atoms with Gasteiger partial charge in [0, 0.05) is 0 Å². The molecule has 0 fully saturated rings. The van der Waals surface area contributed by atoms with E-state index < -0.39 is 0 Å². The van der Waals surface area contributed by atoms with Crippen LogP contribution in [0.15, 0.2) is 18.2 Å². The molecule has 1 rings (SSSR count). The molecule has 0 spiro atoms. The summed E-state index contributed by atoms with van der Waals surface area (Å²) in [5.74, 6) is 1.43. The number of hydrogen-bond acceptors (Lipinski definition) is 2. The minimum absolute atomic E-state index is 0.408. The van der Waals surface area contributed by atoms with Crippen LogP contribution in [0.5, 0.6) is 0 Å². The van der Waals surface area contributed by atoms with Gasteiger partial charge in [0.05, 0.1) is 0 Å². The summed E-state index contributed by atoms with van der Waals surface area (Å²) >= 11 is 0. The third-order valence-corrected chi connectivity index (χ3v) is 3.91. The van der Waals surface area contributed by atoms with E-state index >= 15 is 0 Å². The van der Waals surface area contributed by atoms with Gasteiger partial charge in [-0.25, -0.2) is 0 Å². The molecule has 0 radical (unpaired) electrons. The third kappa shape index (κ3) is 3.55. The van der Waals surface area contributed by atoms with Gasteiger partial charge in [-0.15, -0.1) is 0 Å². The van der Waals surface area contributed by atoms with Crippen LogP contribution in [-0.2, 0) is 0 Å². The molecule has 1 aromatic rings. The number of rotatable bonds is 5. The highest BCUT2D eigenvalue weighted by Gasteiger charge is 2.22. The van der Waals surface area contributed by atoms with Gasteiger partial charge >= 0.3 is 0 Å². The van der Waals surface area contributed by atoms with Crippen molar-refractivity contribution in [3.63, 3.8) is 0 Å². The van der Waals surface area contributed by atoms with Crippen molar-refractivity contribution >= 4 is 0 Å². The van der Waals surface area contributed by atoms with Gasteiger partial charge in [0.2, 0.25) is 0 Å². The minimum atomic E-state index is 0.408. The Kier molecular flexibility index (Phi) is 5.16. The van der Waals surface area contributed by atoms with Crippen molar-refractivity contribution < 1.29 is 0 Å². The Morgan fingerprint density at radius 3 is 1.82 bits per heavy atom. The molecule has 0 aliphatic heterocycles. The first kappa shape index (κ1) is 14.2. The summed E-state index contributed by atoms with van der Waals surface area (Å²) in [5, 5.41) is 0. The van der Waals surface area contributed by atoms with Gasteiger partial charge in [-0.05, 0) is 50.3 Å². The Morgan fingerprint density at radius 2 is 1.41 bits per heavy atom. The minimum Gasteiger partial charge on any atom is -0.330 e. The van der Waals surface area contributed by atoms with E-state index in [0.29, 0.717) is 30.8 Å². The van der Waals surface area contributed by atoms with E-state index in [4.69, 9.17) is 11.5 Å². The van der Waals surface area contributed by atoms with Crippen LogP contribution in [0.2, 0.25) is 0 Å². The van der Waals surface area contributed by atoms with E-state index in [9.17, 15) is 0 Å². The van der Waals surface area contributed by atoms with Gasteiger partial charge in [-0.1, -0.05) is 43.2 Å². The van der Waals surface area contributed by atoms with E-state index in [1.807, 2.05) is 0 Å². The van der Waals surface area contributed by atoms with Gasteiger partial charge in [-0.2, -0.15) is 0 Å². The van der Waals surface area contributed by atoms with E-state index in [2.05, 4.69) is 45.9 Å². The van der Waals surface area contributed by atoms with Crippen LogP contribution in [0.25, 0.3) is 0 Å². The average molecular weight is 234 g/mol. The molecule has 2 heteroatoms. The quantitative estimate of drug-likeness (QED) is 0.822. The van der Waals surface area contributed by atoms with Crippen molar-refractivity contribution in [1.82, 2.24) is 0 Å². The molecule has 17 heavy (non-hydrogen) atoms. The van der Waals surface area contributed by atoms with Crippen molar-refractivity contribution in [2.75, 3.05) is 13.1 Å². The predicted molar refractivity (Wildman–Crippen MR) is 75.1 cm³/mol. The summed E-state index contributed by atoms with van der Waals surface area (Å²) in [7, 11) is 0. The molecular weight excluding hydrogens is 208 g/mol. The molecule has 0 amide bonds. The summed E-state index contributed by atoms with van der Waals surface area (Å²) < 4.78 is 0. The fourth-order valence-corrected chi connectivity index (χ4v) is 2.51. The smallest absolute Gasteiger partial charge is 0.00340 e. The summed E-state index contributed by atoms with van der Waals surface area (Å²) in [5.41, 5.74) is 15.6. The largest absolute Gasteiger partial charge is 0.330 e. The maximum Gasteiger partial charge on any atom is -0.00340 e. The maximum atomic E-state index is 5.78. The van der Waals surface area contributed by atoms with E-state index in [0.717, 1.165) is 0 Å². The zero-order chi connectivity index (χ0) is 13.0. The molecule has 4 N–H and O–H groups in total. The second-order valence-electron chi connectivity index (χ2n) is 5.30. The summed E-state index contributed by atoms with van der Waals surface area (Å²) in [6.07, 6.45) is 0. The first-order chi connectivity index (χ1) is 7.99. The molecule has 0 heterocycles. The first-order valence-electron chi connectivity index (χ1n) is 6.48. The topological polar surface area (TPSA) is 52.0 Å². The van der Waals surface area contributed by atoms with Crippen molar-refractivity contribution in [2.24, 2.45) is 23.3 Å². The molecule has 0 aliphatic rings. The molecule has 0 saturated heterocycles. The zero-order valence-corrected chi connectivity index (χ0v) is 11.5. The lowest BCUT2D eigenvalue weighted by molar-refractivity contribution is 0.328. The van der Waals surface area contributed by atoms with E-state index in [1.165, 1.54) is 16.7 Å². The Balaban J connectivity index is 2.91. The monoisotopic (exact) mass is 234 g/mol. The number of aryl methyl sites for hydroxylation is 2. The standard InChI is InChI=1S/C15H26N2/c1-10-5-11(2)7-14(6-10)12(3)13(4)15(8-16)9-17/h5-7,12-13,15H,8-9,16-17H2,1-4H3. The fourth-order valence-electron chi connectivity index (χ4n) is 2.51. The van der Waals surface area contributed by atoms with Gasteiger partial charge in [0.15, 0.2) is 0 Å². The summed E-state index contributed by atoms with van der Waals surface area (Å²) in [6, 6.07) is 6.76. The van der Waals surface area contributed by atoms with Crippen LogP contribution in [0, 0.1) is 25.7 Å². The molecule has 2 unspecified atom stereocenters. The highest BCUT2D eigenvalue weighted by atomic mass is 14.6. The van der Waals surface area contributed by atoms with Crippen LogP contribution in [0.1, 0.15) is 36.5 Å². The van der Waals surface area contributed by atoms with Gasteiger partial charge < -0.3 is 11.5 Å². The van der Waals surface area contributed by atoms with Crippen LogP contribution in [0.3, 0.4) is 0 Å². The van der Waals surface area contributed by atoms with E-state index in [-0.39, 0.29) is 0 Å². The van der Waals surface area contributed by atoms with Crippen LogP contribution in [-0.4, -0.2) is 13.1 Å². The van der Waals surface area contributed by atoms with Crippen LogP contribution < -0.4 is 11.5 Å². The lowest BCUT2D eigenvalue weighted by Gasteiger charge is -2.27. The van der Waals surface area contributed by atoms with E-state index in [1.54, 1.807) is 0 Å². The first-order valence-corrected chi connectivity index (χ1v) is 6.48. The van der Waals surface area contributed by atoms with Crippen LogP contribution >= 0.6 is 0 Å². The Morgan fingerprint density at radius 1 is 0.941 bits per heavy atom. The average Bonchev–Trinajstić information content (AvgIpc) is 2.28. The Bertz CT molecular complexity index is 336. The molecule has 0 saturated carbocycles. The SMILES string of the molecule is Cc1cc(C)cc(C(C)C(C)C(CN)CN)c1. The summed E-state index contributed by atoms with van der Waals surface area (Å²) in [4.78, 5) is 0. The third-order valence-electron chi connectivity index (χ3n) is 3.91. The lowest BCUT2D eigenvalue weighted by atomic mass is 9.79. The van der Waals surface area contributed by atoms with Gasteiger partial charge in [-0.3, -0.25) is 0 Å². The maximum absolute atomic E-state index is 5.78. The second-order valence-corrected chi connectivity index (χ2v) is 5.30. The molecule has 0 bridgehead atoms. The highest BCUT2D eigenvalue weighted by Crippen LogP contribution is 2.30. The van der Waals surface area contributed by atoms with Crippen molar-refractivity contribution in [3.05, 3.63) is 34.9 Å². The van der Waals surface area contributed by atoms with Gasteiger partial charge in [0.1, 0.15) is 0 Å². The molecule has 1 aromatic carbocycles. The van der Waals surface area contributed by atoms with Crippen molar-refractivity contribution in [2.45, 2.75) is 33.6 Å².